The van der Waals surface area contributed by atoms with Crippen LogP contribution in [0.5, 0.6) is 0 Å². The summed E-state index contributed by atoms with van der Waals surface area (Å²) in [5.41, 5.74) is 0. The lowest BCUT2D eigenvalue weighted by Crippen LogP contribution is -2.42. The van der Waals surface area contributed by atoms with E-state index in [0.717, 1.165) is 6.04 Å². The molecule has 0 saturated carbocycles. The highest BCUT2D eigenvalue weighted by Gasteiger charge is 2.11. The second kappa shape index (κ2) is 4.91. The Morgan fingerprint density at radius 1 is 1.14 bits per heavy atom. The Kier molecular flexibility index (Phi) is 4.10. The quantitative estimate of drug-likeness (QED) is 0.713. The van der Waals surface area contributed by atoms with E-state index < -0.39 is 17.4 Å². The van der Waals surface area contributed by atoms with Gasteiger partial charge in [0.1, 0.15) is 8.32 Å². The minimum Gasteiger partial charge on any atom is -0.605 e. The van der Waals surface area contributed by atoms with Crippen molar-refractivity contribution < 1.29 is 4.12 Å². The van der Waals surface area contributed by atoms with E-state index in [0.29, 0.717) is 0 Å². The van der Waals surface area contributed by atoms with Gasteiger partial charge in [-0.2, -0.15) is 14.2 Å². The molecule has 0 atom stereocenters. The Morgan fingerprint density at radius 2 is 1.71 bits per heavy atom. The minimum absolute atomic E-state index is 0.757. The molecule has 0 aliphatic rings. The van der Waals surface area contributed by atoms with Crippen molar-refractivity contribution in [2.45, 2.75) is 32.6 Å². The first-order valence-electron chi connectivity index (χ1n) is 5.13. The molecule has 0 heterocycles. The average molecular weight is 223 g/mol. The average Bonchev–Trinajstić information content (AvgIpc) is 2.14. The Bertz CT molecular complexity index is 266. The first-order valence-corrected chi connectivity index (χ1v) is 10.2. The Hall–Kier alpha value is -0.386. The van der Waals surface area contributed by atoms with E-state index in [1.807, 2.05) is 0 Å². The summed E-state index contributed by atoms with van der Waals surface area (Å²) in [7, 11) is -2.14. The van der Waals surface area contributed by atoms with Crippen molar-refractivity contribution in [3.63, 3.8) is 0 Å². The van der Waals surface area contributed by atoms with Crippen LogP contribution in [0.1, 0.15) is 6.92 Å². The molecule has 0 saturated heterocycles. The maximum absolute atomic E-state index is 6.21. The van der Waals surface area contributed by atoms with Crippen LogP contribution in [0.2, 0.25) is 25.7 Å². The van der Waals surface area contributed by atoms with Gasteiger partial charge >= 0.3 is 0 Å². The number of hydrogen-bond donors (Lipinski definition) is 0. The monoisotopic (exact) mass is 223 g/mol. The summed E-state index contributed by atoms with van der Waals surface area (Å²) in [5.74, 6) is 0. The molecular formula is C11H19OSi2-. The topological polar surface area (TPSA) is 9.23 Å². The SMILES string of the molecule is CC[Si-](O[Si](C)(C)C)c1ccccc1. The smallest absolute Gasteiger partial charge is 0.142 e. The van der Waals surface area contributed by atoms with Crippen LogP contribution >= 0.6 is 0 Å². The van der Waals surface area contributed by atoms with E-state index in [9.17, 15) is 0 Å². The number of benzene rings is 1. The molecule has 14 heavy (non-hydrogen) atoms. The molecule has 0 spiro atoms. The minimum atomic E-state index is -1.38. The van der Waals surface area contributed by atoms with Crippen molar-refractivity contribution in [1.82, 2.24) is 0 Å². The molecular weight excluding hydrogens is 204 g/mol. The van der Waals surface area contributed by atoms with Crippen molar-refractivity contribution >= 4 is 22.5 Å². The largest absolute Gasteiger partial charge is 0.605 e. The molecule has 3 heteroatoms. The standard InChI is InChI=1S/C11H19OSi2/c1-5-13(12-14(2,3)4)11-9-7-6-8-10-11/h6-10H,5H2,1-4H3/q-1. The molecule has 0 aliphatic heterocycles. The van der Waals surface area contributed by atoms with Crippen LogP contribution in [0, 0.1) is 0 Å². The summed E-state index contributed by atoms with van der Waals surface area (Å²) in [4.78, 5) is 0. The normalized spacial score (nSPS) is 11.4. The van der Waals surface area contributed by atoms with Crippen LogP contribution in [0.25, 0.3) is 0 Å². The molecule has 1 aromatic rings. The second-order valence-electron chi connectivity index (χ2n) is 4.36. The van der Waals surface area contributed by atoms with Gasteiger partial charge in [0.2, 0.25) is 0 Å². The molecule has 0 bridgehead atoms. The van der Waals surface area contributed by atoms with E-state index in [1.165, 1.54) is 5.19 Å². The molecule has 78 valence electrons. The summed E-state index contributed by atoms with van der Waals surface area (Å²) in [6.45, 7) is 9.00. The van der Waals surface area contributed by atoms with E-state index in [-0.39, 0.29) is 0 Å². The van der Waals surface area contributed by atoms with Crippen LogP contribution in [-0.4, -0.2) is 17.4 Å². The highest BCUT2D eigenvalue weighted by Crippen LogP contribution is 2.07. The van der Waals surface area contributed by atoms with Crippen LogP contribution in [0.4, 0.5) is 0 Å². The molecule has 1 rings (SSSR count). The Labute approximate surface area is 90.0 Å². The van der Waals surface area contributed by atoms with Crippen molar-refractivity contribution in [2.24, 2.45) is 0 Å². The van der Waals surface area contributed by atoms with Crippen molar-refractivity contribution in [3.8, 4) is 0 Å². The molecule has 1 aromatic carbocycles. The van der Waals surface area contributed by atoms with E-state index in [4.69, 9.17) is 4.12 Å². The van der Waals surface area contributed by atoms with Gasteiger partial charge in [-0.1, -0.05) is 37.3 Å². The molecule has 0 aliphatic carbocycles. The van der Waals surface area contributed by atoms with Crippen LogP contribution in [0.3, 0.4) is 0 Å². The molecule has 0 radical (unpaired) electrons. The fourth-order valence-corrected chi connectivity index (χ4v) is 6.31. The molecule has 0 amide bonds. The summed E-state index contributed by atoms with van der Waals surface area (Å²) < 4.78 is 6.21. The van der Waals surface area contributed by atoms with Gasteiger partial charge in [0.25, 0.3) is 0 Å². The zero-order valence-electron chi connectivity index (χ0n) is 9.50. The van der Waals surface area contributed by atoms with Gasteiger partial charge in [0.05, 0.1) is 0 Å². The zero-order valence-corrected chi connectivity index (χ0v) is 11.5. The highest BCUT2D eigenvalue weighted by atomic mass is 28.4. The molecule has 1 nitrogen and oxygen atoms in total. The fraction of sp³-hybridized carbons (Fsp3) is 0.455. The van der Waals surface area contributed by atoms with E-state index in [2.05, 4.69) is 56.9 Å². The molecule has 0 aromatic heterocycles. The van der Waals surface area contributed by atoms with Gasteiger partial charge in [-0.05, 0) is 19.6 Å². The molecule has 0 unspecified atom stereocenters. The van der Waals surface area contributed by atoms with Gasteiger partial charge in [-0.3, -0.25) is 0 Å². The lowest BCUT2D eigenvalue weighted by atomic mass is 10.4. The van der Waals surface area contributed by atoms with Gasteiger partial charge in [-0.15, -0.1) is 6.04 Å². The second-order valence-corrected chi connectivity index (χ2v) is 11.5. The zero-order chi connectivity index (χ0) is 10.6. The maximum Gasteiger partial charge on any atom is 0.142 e. The first-order chi connectivity index (χ1) is 6.53. The Morgan fingerprint density at radius 3 is 2.14 bits per heavy atom. The number of hydrogen-bond acceptors (Lipinski definition) is 1. The number of rotatable bonds is 4. The van der Waals surface area contributed by atoms with Gasteiger partial charge in [0, 0.05) is 0 Å². The van der Waals surface area contributed by atoms with Crippen LogP contribution < -0.4 is 5.19 Å². The highest BCUT2D eigenvalue weighted by molar-refractivity contribution is 6.81. The Balaban J connectivity index is 2.73. The van der Waals surface area contributed by atoms with Crippen molar-refractivity contribution in [1.29, 1.82) is 0 Å². The van der Waals surface area contributed by atoms with E-state index in [1.54, 1.807) is 0 Å². The van der Waals surface area contributed by atoms with Gasteiger partial charge < -0.3 is 4.12 Å². The predicted octanol–water partition coefficient (Wildman–Crippen LogP) is 2.76. The summed E-state index contributed by atoms with van der Waals surface area (Å²) in [6, 6.07) is 11.8. The lowest BCUT2D eigenvalue weighted by Gasteiger charge is -2.39. The predicted molar refractivity (Wildman–Crippen MR) is 66.7 cm³/mol. The van der Waals surface area contributed by atoms with Crippen LogP contribution in [-0.2, 0) is 4.12 Å². The third kappa shape index (κ3) is 3.78. The van der Waals surface area contributed by atoms with Gasteiger partial charge in [0.15, 0.2) is 0 Å². The molecule has 0 N–H and O–H groups in total. The summed E-state index contributed by atoms with van der Waals surface area (Å²) in [5, 5.41) is 1.41. The first kappa shape index (κ1) is 11.7. The van der Waals surface area contributed by atoms with Crippen molar-refractivity contribution in [3.05, 3.63) is 30.3 Å². The maximum atomic E-state index is 6.21. The lowest BCUT2D eigenvalue weighted by molar-refractivity contribution is 0.582. The summed E-state index contributed by atoms with van der Waals surface area (Å²) in [6.07, 6.45) is 0. The summed E-state index contributed by atoms with van der Waals surface area (Å²) >= 11 is 0. The third-order valence-electron chi connectivity index (χ3n) is 1.85. The molecule has 0 fully saturated rings. The fourth-order valence-electron chi connectivity index (χ4n) is 1.33. The van der Waals surface area contributed by atoms with Crippen molar-refractivity contribution in [2.75, 3.05) is 0 Å². The third-order valence-corrected chi connectivity index (χ3v) is 6.90. The van der Waals surface area contributed by atoms with E-state index >= 15 is 0 Å². The van der Waals surface area contributed by atoms with Gasteiger partial charge in [-0.25, -0.2) is 0 Å². The van der Waals surface area contributed by atoms with Crippen LogP contribution in [0.15, 0.2) is 30.3 Å².